The van der Waals surface area contributed by atoms with Crippen LogP contribution in [0.1, 0.15) is 25.0 Å². The molecule has 1 aromatic rings. The van der Waals surface area contributed by atoms with Crippen molar-refractivity contribution in [3.63, 3.8) is 0 Å². The molecule has 0 heterocycles. The summed E-state index contributed by atoms with van der Waals surface area (Å²) >= 11 is 0. The molecule has 0 spiro atoms. The highest BCUT2D eigenvalue weighted by molar-refractivity contribution is 5.82. The van der Waals surface area contributed by atoms with Gasteiger partial charge in [0.2, 0.25) is 0 Å². The second-order valence-corrected chi connectivity index (χ2v) is 5.35. The molecule has 110 valence electrons. The quantitative estimate of drug-likeness (QED) is 0.868. The van der Waals surface area contributed by atoms with Gasteiger partial charge in [-0.05, 0) is 18.4 Å². The summed E-state index contributed by atoms with van der Waals surface area (Å²) < 4.78 is 0. The van der Waals surface area contributed by atoms with Gasteiger partial charge in [-0.25, -0.2) is 9.59 Å². The molecule has 0 fully saturated rings. The molecule has 0 aliphatic carbocycles. The number of hydrogen-bond acceptors (Lipinski definition) is 2. The van der Waals surface area contributed by atoms with Gasteiger partial charge in [0, 0.05) is 13.6 Å². The van der Waals surface area contributed by atoms with E-state index in [1.807, 2.05) is 31.2 Å². The Morgan fingerprint density at radius 1 is 1.25 bits per heavy atom. The van der Waals surface area contributed by atoms with Crippen LogP contribution in [0.25, 0.3) is 0 Å². The van der Waals surface area contributed by atoms with Gasteiger partial charge >= 0.3 is 12.0 Å². The summed E-state index contributed by atoms with van der Waals surface area (Å²) in [5, 5.41) is 11.6. The number of carbonyl (C=O) groups excluding carboxylic acids is 1. The third-order valence-corrected chi connectivity index (χ3v) is 3.10. The molecule has 5 nitrogen and oxygen atoms in total. The zero-order valence-corrected chi connectivity index (χ0v) is 12.4. The van der Waals surface area contributed by atoms with Gasteiger partial charge in [-0.15, -0.1) is 0 Å². The van der Waals surface area contributed by atoms with Gasteiger partial charge in [0.05, 0.1) is 0 Å². The van der Waals surface area contributed by atoms with Crippen molar-refractivity contribution in [1.29, 1.82) is 0 Å². The van der Waals surface area contributed by atoms with Crippen molar-refractivity contribution in [2.75, 3.05) is 7.05 Å². The molecule has 0 aromatic heterocycles. The van der Waals surface area contributed by atoms with E-state index in [1.54, 1.807) is 20.9 Å². The highest BCUT2D eigenvalue weighted by Crippen LogP contribution is 2.07. The average molecular weight is 278 g/mol. The van der Waals surface area contributed by atoms with Crippen LogP contribution in [-0.2, 0) is 11.3 Å². The fraction of sp³-hybridized carbons (Fsp3) is 0.467. The first-order valence-electron chi connectivity index (χ1n) is 6.61. The first kappa shape index (κ1) is 16.0. The fourth-order valence-electron chi connectivity index (χ4n) is 1.80. The number of carboxylic acids is 1. The van der Waals surface area contributed by atoms with E-state index in [-0.39, 0.29) is 11.9 Å². The molecule has 0 bridgehead atoms. The molecule has 2 amide bonds. The van der Waals surface area contributed by atoms with E-state index in [4.69, 9.17) is 5.11 Å². The molecular weight excluding hydrogens is 256 g/mol. The summed E-state index contributed by atoms with van der Waals surface area (Å²) in [6.07, 6.45) is 0. The van der Waals surface area contributed by atoms with E-state index in [1.165, 1.54) is 4.90 Å². The lowest BCUT2D eigenvalue weighted by molar-refractivity contribution is -0.140. The van der Waals surface area contributed by atoms with Gasteiger partial charge < -0.3 is 15.3 Å². The number of aliphatic carboxylic acids is 1. The second kappa shape index (κ2) is 6.93. The minimum Gasteiger partial charge on any atom is -0.480 e. The van der Waals surface area contributed by atoms with Crippen LogP contribution < -0.4 is 5.32 Å². The molecule has 1 rings (SSSR count). The lowest BCUT2D eigenvalue weighted by atomic mass is 10.1. The van der Waals surface area contributed by atoms with Crippen molar-refractivity contribution in [2.24, 2.45) is 5.92 Å². The van der Waals surface area contributed by atoms with Crippen molar-refractivity contribution in [3.05, 3.63) is 35.4 Å². The van der Waals surface area contributed by atoms with Gasteiger partial charge in [0.15, 0.2) is 0 Å². The molecule has 0 aliphatic rings. The zero-order valence-electron chi connectivity index (χ0n) is 12.4. The molecule has 1 aromatic carbocycles. The van der Waals surface area contributed by atoms with Crippen LogP contribution in [0, 0.1) is 12.8 Å². The Morgan fingerprint density at radius 3 is 2.25 bits per heavy atom. The van der Waals surface area contributed by atoms with E-state index in [2.05, 4.69) is 5.32 Å². The maximum atomic E-state index is 12.0. The molecule has 20 heavy (non-hydrogen) atoms. The van der Waals surface area contributed by atoms with Crippen LogP contribution in [0.15, 0.2) is 24.3 Å². The number of nitrogens with zero attached hydrogens (tertiary/aromatic N) is 1. The van der Waals surface area contributed by atoms with Crippen LogP contribution in [0.3, 0.4) is 0 Å². The van der Waals surface area contributed by atoms with Crippen molar-refractivity contribution in [2.45, 2.75) is 33.4 Å². The van der Waals surface area contributed by atoms with Crippen LogP contribution in [0.5, 0.6) is 0 Å². The Morgan fingerprint density at radius 2 is 1.80 bits per heavy atom. The van der Waals surface area contributed by atoms with Gasteiger partial charge in [-0.1, -0.05) is 43.7 Å². The first-order valence-corrected chi connectivity index (χ1v) is 6.61. The summed E-state index contributed by atoms with van der Waals surface area (Å²) in [6, 6.07) is 6.62. The fourth-order valence-corrected chi connectivity index (χ4v) is 1.80. The SMILES string of the molecule is Cc1ccc(CN(C)C(=O)N[C@@H](C(=O)O)C(C)C)cc1. The van der Waals surface area contributed by atoms with Gasteiger partial charge in [-0.2, -0.15) is 0 Å². The minimum absolute atomic E-state index is 0.163. The molecule has 1 atom stereocenters. The summed E-state index contributed by atoms with van der Waals surface area (Å²) in [7, 11) is 1.65. The molecule has 0 saturated carbocycles. The maximum Gasteiger partial charge on any atom is 0.326 e. The number of amides is 2. The highest BCUT2D eigenvalue weighted by Gasteiger charge is 2.24. The summed E-state index contributed by atoms with van der Waals surface area (Å²) in [6.45, 7) is 5.97. The number of aryl methyl sites for hydroxylation is 1. The minimum atomic E-state index is -1.02. The molecule has 0 unspecified atom stereocenters. The monoisotopic (exact) mass is 278 g/mol. The van der Waals surface area contributed by atoms with Crippen molar-refractivity contribution >= 4 is 12.0 Å². The molecular formula is C15H22N2O3. The number of nitrogens with one attached hydrogen (secondary N) is 1. The Balaban J connectivity index is 2.62. The summed E-state index contributed by atoms with van der Waals surface area (Å²) in [4.78, 5) is 24.5. The van der Waals surface area contributed by atoms with Crippen LogP contribution in [0.4, 0.5) is 4.79 Å². The first-order chi connectivity index (χ1) is 9.31. The van der Waals surface area contributed by atoms with Crippen LogP contribution in [-0.4, -0.2) is 35.1 Å². The number of rotatable bonds is 5. The third kappa shape index (κ3) is 4.57. The van der Waals surface area contributed by atoms with Crippen molar-refractivity contribution < 1.29 is 14.7 Å². The van der Waals surface area contributed by atoms with E-state index in [0.717, 1.165) is 11.1 Å². The Bertz CT molecular complexity index is 469. The average Bonchev–Trinajstić information content (AvgIpc) is 2.37. The largest absolute Gasteiger partial charge is 0.480 e. The van der Waals surface area contributed by atoms with E-state index >= 15 is 0 Å². The van der Waals surface area contributed by atoms with E-state index in [9.17, 15) is 9.59 Å². The standard InChI is InChI=1S/C15H22N2O3/c1-10(2)13(14(18)19)16-15(20)17(4)9-12-7-5-11(3)6-8-12/h5-8,10,13H,9H2,1-4H3,(H,16,20)(H,18,19)/t13-/m1/s1. The zero-order chi connectivity index (χ0) is 15.3. The third-order valence-electron chi connectivity index (χ3n) is 3.10. The van der Waals surface area contributed by atoms with Crippen LogP contribution in [0.2, 0.25) is 0 Å². The number of benzene rings is 1. The maximum absolute atomic E-state index is 12.0. The Labute approximate surface area is 119 Å². The lowest BCUT2D eigenvalue weighted by Gasteiger charge is -2.23. The van der Waals surface area contributed by atoms with E-state index < -0.39 is 12.0 Å². The van der Waals surface area contributed by atoms with E-state index in [0.29, 0.717) is 6.54 Å². The normalized spacial score (nSPS) is 12.1. The Hall–Kier alpha value is -2.04. The summed E-state index contributed by atoms with van der Waals surface area (Å²) in [5.41, 5.74) is 2.16. The molecule has 5 heteroatoms. The Kier molecular flexibility index (Phi) is 5.55. The molecule has 2 N–H and O–H groups in total. The van der Waals surface area contributed by atoms with Gasteiger partial charge in [0.25, 0.3) is 0 Å². The number of hydrogen-bond donors (Lipinski definition) is 2. The number of carbonyl (C=O) groups is 2. The molecule has 0 saturated heterocycles. The predicted molar refractivity (Wildman–Crippen MR) is 77.4 cm³/mol. The van der Waals surface area contributed by atoms with Gasteiger partial charge in [-0.3, -0.25) is 0 Å². The van der Waals surface area contributed by atoms with Crippen molar-refractivity contribution in [1.82, 2.24) is 10.2 Å². The summed E-state index contributed by atoms with van der Waals surface area (Å²) in [5.74, 6) is -1.18. The predicted octanol–water partition coefficient (Wildman–Crippen LogP) is 2.25. The number of carboxylic acid groups (broad SMARTS) is 1. The second-order valence-electron chi connectivity index (χ2n) is 5.35. The van der Waals surface area contributed by atoms with Crippen molar-refractivity contribution in [3.8, 4) is 0 Å². The molecule has 0 aliphatic heterocycles. The molecule has 0 radical (unpaired) electrons. The smallest absolute Gasteiger partial charge is 0.326 e. The highest BCUT2D eigenvalue weighted by atomic mass is 16.4. The van der Waals surface area contributed by atoms with Gasteiger partial charge in [0.1, 0.15) is 6.04 Å². The topological polar surface area (TPSA) is 69.6 Å². The van der Waals surface area contributed by atoms with Crippen LogP contribution >= 0.6 is 0 Å². The lowest BCUT2D eigenvalue weighted by Crippen LogP contribution is -2.48. The number of urea groups is 1.